The van der Waals surface area contributed by atoms with Crippen LogP contribution in [0.5, 0.6) is 0 Å². The Morgan fingerprint density at radius 1 is 1.25 bits per heavy atom. The van der Waals surface area contributed by atoms with Crippen LogP contribution in [-0.2, 0) is 19.5 Å². The molecule has 0 saturated heterocycles. The van der Waals surface area contributed by atoms with Crippen molar-refractivity contribution in [3.8, 4) is 11.8 Å². The Balaban J connectivity index is 1.76. The van der Waals surface area contributed by atoms with Crippen LogP contribution in [0, 0.1) is 11.8 Å². The molecular formula is C17H18N2S. The number of rotatable bonds is 2. The average molecular weight is 282 g/mol. The number of fused-ring (bicyclic) bond motifs is 1. The molecular weight excluding hydrogens is 264 g/mol. The summed E-state index contributed by atoms with van der Waals surface area (Å²) in [5.41, 5.74) is 9.37. The third-order valence-electron chi connectivity index (χ3n) is 3.62. The van der Waals surface area contributed by atoms with Gasteiger partial charge in [0.2, 0.25) is 0 Å². The molecule has 0 aliphatic carbocycles. The van der Waals surface area contributed by atoms with Crippen molar-refractivity contribution in [2.45, 2.75) is 19.5 Å². The first-order valence-corrected chi connectivity index (χ1v) is 7.79. The molecule has 2 aromatic rings. The Hall–Kier alpha value is -1.60. The van der Waals surface area contributed by atoms with E-state index in [1.54, 1.807) is 4.88 Å². The highest BCUT2D eigenvalue weighted by Gasteiger charge is 2.17. The highest BCUT2D eigenvalue weighted by Crippen LogP contribution is 2.25. The highest BCUT2D eigenvalue weighted by atomic mass is 32.1. The topological polar surface area (TPSA) is 29.3 Å². The van der Waals surface area contributed by atoms with Gasteiger partial charge in [0.25, 0.3) is 0 Å². The second-order valence-electron chi connectivity index (χ2n) is 4.99. The fraction of sp³-hybridized carbons (Fsp3) is 0.294. The average Bonchev–Trinajstić information content (AvgIpc) is 2.94. The van der Waals surface area contributed by atoms with Crippen molar-refractivity contribution in [2.75, 3.05) is 13.1 Å². The maximum absolute atomic E-state index is 5.47. The number of nitrogens with zero attached hydrogens (tertiary/aromatic N) is 1. The summed E-state index contributed by atoms with van der Waals surface area (Å²) < 4.78 is 0. The van der Waals surface area contributed by atoms with Crippen molar-refractivity contribution in [2.24, 2.45) is 5.73 Å². The number of hydrogen-bond acceptors (Lipinski definition) is 3. The van der Waals surface area contributed by atoms with Gasteiger partial charge in [-0.25, -0.2) is 0 Å². The van der Waals surface area contributed by atoms with Gasteiger partial charge in [-0.2, -0.15) is 0 Å². The highest BCUT2D eigenvalue weighted by molar-refractivity contribution is 7.10. The summed E-state index contributed by atoms with van der Waals surface area (Å²) in [5.74, 6) is 6.13. The summed E-state index contributed by atoms with van der Waals surface area (Å²) in [7, 11) is 0. The second-order valence-corrected chi connectivity index (χ2v) is 5.99. The van der Waals surface area contributed by atoms with E-state index < -0.39 is 0 Å². The van der Waals surface area contributed by atoms with E-state index in [4.69, 9.17) is 5.73 Å². The minimum absolute atomic E-state index is 0.413. The Labute approximate surface area is 124 Å². The fourth-order valence-electron chi connectivity index (χ4n) is 2.61. The first kappa shape index (κ1) is 13.4. The number of nitrogens with two attached hydrogens (primary N) is 1. The molecule has 3 heteroatoms. The van der Waals surface area contributed by atoms with Crippen molar-refractivity contribution in [3.05, 3.63) is 57.3 Å². The lowest BCUT2D eigenvalue weighted by Gasteiger charge is -2.27. The first-order chi connectivity index (χ1) is 9.86. The molecule has 0 radical (unpaired) electrons. The van der Waals surface area contributed by atoms with Gasteiger partial charge in [0.05, 0.1) is 6.54 Å². The summed E-state index contributed by atoms with van der Waals surface area (Å²) in [5, 5.41) is 2.20. The van der Waals surface area contributed by atoms with Gasteiger partial charge in [0, 0.05) is 30.1 Å². The Morgan fingerprint density at radius 3 is 3.05 bits per heavy atom. The van der Waals surface area contributed by atoms with Crippen LogP contribution < -0.4 is 5.73 Å². The van der Waals surface area contributed by atoms with Crippen LogP contribution in [0.2, 0.25) is 0 Å². The van der Waals surface area contributed by atoms with Crippen molar-refractivity contribution in [3.63, 3.8) is 0 Å². The quantitative estimate of drug-likeness (QED) is 0.858. The zero-order valence-corrected chi connectivity index (χ0v) is 12.2. The summed E-state index contributed by atoms with van der Waals surface area (Å²) >= 11 is 1.89. The molecule has 2 heterocycles. The van der Waals surface area contributed by atoms with Gasteiger partial charge in [-0.15, -0.1) is 11.3 Å². The molecule has 0 spiro atoms. The molecule has 102 valence electrons. The van der Waals surface area contributed by atoms with E-state index in [9.17, 15) is 0 Å². The second kappa shape index (κ2) is 6.23. The van der Waals surface area contributed by atoms with Crippen LogP contribution in [0.25, 0.3) is 0 Å². The molecule has 1 aromatic carbocycles. The van der Waals surface area contributed by atoms with Gasteiger partial charge in [-0.1, -0.05) is 30.0 Å². The van der Waals surface area contributed by atoms with Gasteiger partial charge in [0.1, 0.15) is 0 Å². The third-order valence-corrected chi connectivity index (χ3v) is 4.65. The largest absolute Gasteiger partial charge is 0.320 e. The third kappa shape index (κ3) is 2.94. The first-order valence-electron chi connectivity index (χ1n) is 6.91. The molecule has 0 unspecified atom stereocenters. The van der Waals surface area contributed by atoms with E-state index in [1.807, 2.05) is 17.4 Å². The molecule has 2 nitrogen and oxygen atoms in total. The maximum Gasteiger partial charge on any atom is 0.0555 e. The Bertz CT molecular complexity index is 648. The van der Waals surface area contributed by atoms with E-state index in [2.05, 4.69) is 46.4 Å². The van der Waals surface area contributed by atoms with Crippen molar-refractivity contribution < 1.29 is 0 Å². The van der Waals surface area contributed by atoms with Crippen LogP contribution in [0.4, 0.5) is 0 Å². The van der Waals surface area contributed by atoms with Gasteiger partial charge in [-0.3, -0.25) is 4.90 Å². The minimum atomic E-state index is 0.413. The van der Waals surface area contributed by atoms with Crippen molar-refractivity contribution in [1.29, 1.82) is 0 Å². The normalized spacial score (nSPS) is 14.4. The zero-order valence-electron chi connectivity index (χ0n) is 11.4. The lowest BCUT2D eigenvalue weighted by Crippen LogP contribution is -2.29. The lowest BCUT2D eigenvalue weighted by molar-refractivity contribution is 0.247. The molecule has 20 heavy (non-hydrogen) atoms. The van der Waals surface area contributed by atoms with Crippen molar-refractivity contribution >= 4 is 11.3 Å². The summed E-state index contributed by atoms with van der Waals surface area (Å²) in [6.45, 7) is 3.56. The smallest absolute Gasteiger partial charge is 0.0555 e. The monoisotopic (exact) mass is 282 g/mol. The van der Waals surface area contributed by atoms with Crippen LogP contribution in [0.3, 0.4) is 0 Å². The van der Waals surface area contributed by atoms with Crippen LogP contribution in [0.15, 0.2) is 35.7 Å². The van der Waals surface area contributed by atoms with Crippen LogP contribution in [-0.4, -0.2) is 18.0 Å². The molecule has 0 bridgehead atoms. The van der Waals surface area contributed by atoms with Gasteiger partial charge in [0.15, 0.2) is 0 Å². The van der Waals surface area contributed by atoms with Crippen molar-refractivity contribution in [1.82, 2.24) is 4.90 Å². The molecule has 0 amide bonds. The predicted octanol–water partition coefficient (Wildman–Crippen LogP) is 2.62. The summed E-state index contributed by atoms with van der Waals surface area (Å²) in [6, 6.07) is 10.6. The molecule has 2 N–H and O–H groups in total. The molecule has 0 fully saturated rings. The van der Waals surface area contributed by atoms with E-state index in [0.717, 1.165) is 25.2 Å². The summed E-state index contributed by atoms with van der Waals surface area (Å²) in [4.78, 5) is 4.05. The predicted molar refractivity (Wildman–Crippen MR) is 84.5 cm³/mol. The van der Waals surface area contributed by atoms with Gasteiger partial charge in [-0.05, 0) is 35.1 Å². The van der Waals surface area contributed by atoms with Gasteiger partial charge >= 0.3 is 0 Å². The summed E-state index contributed by atoms with van der Waals surface area (Å²) in [6.07, 6.45) is 1.17. The minimum Gasteiger partial charge on any atom is -0.320 e. The van der Waals surface area contributed by atoms with E-state index in [-0.39, 0.29) is 0 Å². The Kier molecular flexibility index (Phi) is 4.17. The molecule has 3 rings (SSSR count). The Morgan fingerprint density at radius 2 is 2.15 bits per heavy atom. The number of hydrogen-bond donors (Lipinski definition) is 1. The van der Waals surface area contributed by atoms with Gasteiger partial charge < -0.3 is 5.73 Å². The molecule has 0 saturated carbocycles. The van der Waals surface area contributed by atoms with E-state index in [0.29, 0.717) is 6.54 Å². The van der Waals surface area contributed by atoms with Crippen LogP contribution >= 0.6 is 11.3 Å². The van der Waals surface area contributed by atoms with E-state index >= 15 is 0 Å². The molecule has 0 atom stereocenters. The maximum atomic E-state index is 5.47. The van der Waals surface area contributed by atoms with E-state index in [1.165, 1.54) is 17.5 Å². The molecule has 1 aliphatic rings. The van der Waals surface area contributed by atoms with Crippen LogP contribution in [0.1, 0.15) is 21.6 Å². The zero-order chi connectivity index (χ0) is 13.8. The molecule has 1 aliphatic heterocycles. The standard InChI is InChI=1S/C17H18N2S/c18-9-3-6-14-4-1-2-5-15(14)12-19-10-7-17-16(13-19)8-11-20-17/h1-2,4-5,8,11H,7,9-10,12-13,18H2. The number of benzene rings is 1. The fourth-order valence-corrected chi connectivity index (χ4v) is 3.50. The number of thiophene rings is 1. The SMILES string of the molecule is NCC#Cc1ccccc1CN1CCc2sccc2C1. The lowest BCUT2D eigenvalue weighted by atomic mass is 10.0. The molecule has 1 aromatic heterocycles.